The van der Waals surface area contributed by atoms with E-state index in [1.54, 1.807) is 0 Å². The molecular weight excluding hydrogens is 397 g/mol. The lowest BCUT2D eigenvalue weighted by atomic mass is 9.98. The summed E-state index contributed by atoms with van der Waals surface area (Å²) in [5.74, 6) is 3.29. The first kappa shape index (κ1) is 20.2. The summed E-state index contributed by atoms with van der Waals surface area (Å²) >= 11 is 0. The first-order valence-electron chi connectivity index (χ1n) is 9.65. The fraction of sp³-hybridized carbons (Fsp3) is 0.120. The standard InChI is InChI=1S/C25H18FNO4/c26-23-12-11-17(24(28)29)14-16(23)6-5-13-27-25(30)31-15-22-20-9-3-1-7-18(20)19-8-2-4-10-21(19)22/h1-4,7-12,14,22H,13,15H2,(H,27,30)(H,28,29). The van der Waals surface area contributed by atoms with Crippen LogP contribution in [0.5, 0.6) is 0 Å². The average Bonchev–Trinajstić information content (AvgIpc) is 3.10. The summed E-state index contributed by atoms with van der Waals surface area (Å²) in [5.41, 5.74) is 4.41. The molecule has 1 aliphatic rings. The molecule has 4 rings (SSSR count). The molecular formula is C25H18FNO4. The molecule has 3 aromatic rings. The maximum absolute atomic E-state index is 13.7. The maximum Gasteiger partial charge on any atom is 0.407 e. The SMILES string of the molecule is O=C(NCC#Cc1cc(C(=O)O)ccc1F)OCC1c2ccccc2-c2ccccc21. The van der Waals surface area contributed by atoms with Gasteiger partial charge in [0.1, 0.15) is 12.4 Å². The third-order valence-electron chi connectivity index (χ3n) is 5.10. The lowest BCUT2D eigenvalue weighted by Gasteiger charge is -2.14. The molecule has 2 N–H and O–H groups in total. The van der Waals surface area contributed by atoms with Gasteiger partial charge >= 0.3 is 12.1 Å². The van der Waals surface area contributed by atoms with Crippen LogP contribution in [0.1, 0.15) is 33.0 Å². The highest BCUT2D eigenvalue weighted by molar-refractivity contribution is 5.88. The number of nitrogens with one attached hydrogen (secondary N) is 1. The first-order valence-corrected chi connectivity index (χ1v) is 9.65. The molecule has 1 aliphatic carbocycles. The Morgan fingerprint density at radius 1 is 1.00 bits per heavy atom. The second-order valence-electron chi connectivity index (χ2n) is 6.98. The Labute approximate surface area is 178 Å². The molecule has 0 fully saturated rings. The highest BCUT2D eigenvalue weighted by Crippen LogP contribution is 2.44. The van der Waals surface area contributed by atoms with Gasteiger partial charge in [0.25, 0.3) is 0 Å². The van der Waals surface area contributed by atoms with E-state index in [0.29, 0.717) is 0 Å². The Morgan fingerprint density at radius 2 is 1.65 bits per heavy atom. The van der Waals surface area contributed by atoms with Crippen molar-refractivity contribution < 1.29 is 23.8 Å². The van der Waals surface area contributed by atoms with Gasteiger partial charge < -0.3 is 15.2 Å². The third-order valence-corrected chi connectivity index (χ3v) is 5.10. The van der Waals surface area contributed by atoms with Crippen LogP contribution in [0.4, 0.5) is 9.18 Å². The van der Waals surface area contributed by atoms with E-state index in [9.17, 15) is 14.0 Å². The van der Waals surface area contributed by atoms with E-state index < -0.39 is 17.9 Å². The minimum atomic E-state index is -1.17. The normalized spacial score (nSPS) is 11.6. The quantitative estimate of drug-likeness (QED) is 0.619. The molecule has 154 valence electrons. The molecule has 0 saturated carbocycles. The van der Waals surface area contributed by atoms with Crippen molar-refractivity contribution in [3.63, 3.8) is 0 Å². The van der Waals surface area contributed by atoms with Crippen LogP contribution in [0.25, 0.3) is 11.1 Å². The van der Waals surface area contributed by atoms with Crippen LogP contribution in [0.15, 0.2) is 66.7 Å². The Hall–Kier alpha value is -4.11. The summed E-state index contributed by atoms with van der Waals surface area (Å²) in [4.78, 5) is 23.1. The summed E-state index contributed by atoms with van der Waals surface area (Å²) in [7, 11) is 0. The number of carboxylic acids is 1. The zero-order valence-electron chi connectivity index (χ0n) is 16.4. The summed E-state index contributed by atoms with van der Waals surface area (Å²) in [5, 5.41) is 11.5. The van der Waals surface area contributed by atoms with Crippen LogP contribution < -0.4 is 5.32 Å². The first-order chi connectivity index (χ1) is 15.0. The van der Waals surface area contributed by atoms with Gasteiger partial charge in [-0.2, -0.15) is 0 Å². The fourth-order valence-electron chi connectivity index (χ4n) is 3.66. The number of fused-ring (bicyclic) bond motifs is 3. The molecule has 0 heterocycles. The lowest BCUT2D eigenvalue weighted by Crippen LogP contribution is -2.26. The number of hydrogen-bond donors (Lipinski definition) is 2. The van der Waals surface area contributed by atoms with Gasteiger partial charge in [0, 0.05) is 5.92 Å². The number of carbonyl (C=O) groups is 2. The molecule has 5 nitrogen and oxygen atoms in total. The highest BCUT2D eigenvalue weighted by Gasteiger charge is 2.28. The Morgan fingerprint density at radius 3 is 2.29 bits per heavy atom. The Balaban J connectivity index is 1.36. The molecule has 6 heteroatoms. The van der Waals surface area contributed by atoms with Crippen molar-refractivity contribution in [2.45, 2.75) is 5.92 Å². The molecule has 0 bridgehead atoms. The minimum absolute atomic E-state index is 0.0444. The third kappa shape index (κ3) is 4.26. The van der Waals surface area contributed by atoms with E-state index in [1.807, 2.05) is 36.4 Å². The summed E-state index contributed by atoms with van der Waals surface area (Å²) in [6.07, 6.45) is -0.629. The Kier molecular flexibility index (Phi) is 5.67. The molecule has 0 aliphatic heterocycles. The van der Waals surface area contributed by atoms with Gasteiger partial charge in [0.15, 0.2) is 0 Å². The molecule has 1 amide bonds. The lowest BCUT2D eigenvalue weighted by molar-refractivity contribution is 0.0696. The van der Waals surface area contributed by atoms with Gasteiger partial charge in [0.05, 0.1) is 17.7 Å². The smallest absolute Gasteiger partial charge is 0.407 e. The fourth-order valence-corrected chi connectivity index (χ4v) is 3.66. The largest absolute Gasteiger partial charge is 0.478 e. The highest BCUT2D eigenvalue weighted by atomic mass is 19.1. The van der Waals surface area contributed by atoms with E-state index in [4.69, 9.17) is 9.84 Å². The van der Waals surface area contributed by atoms with Crippen molar-refractivity contribution >= 4 is 12.1 Å². The molecule has 0 unspecified atom stereocenters. The van der Waals surface area contributed by atoms with Gasteiger partial charge in [-0.1, -0.05) is 60.4 Å². The molecule has 0 spiro atoms. The number of carboxylic acid groups (broad SMARTS) is 1. The number of benzene rings is 3. The van der Waals surface area contributed by atoms with Gasteiger partial charge in [-0.15, -0.1) is 0 Å². The van der Waals surface area contributed by atoms with E-state index in [0.717, 1.165) is 40.5 Å². The van der Waals surface area contributed by atoms with Crippen molar-refractivity contribution in [1.82, 2.24) is 5.32 Å². The summed E-state index contributed by atoms with van der Waals surface area (Å²) < 4.78 is 19.1. The van der Waals surface area contributed by atoms with Crippen molar-refractivity contribution in [3.8, 4) is 23.0 Å². The molecule has 31 heavy (non-hydrogen) atoms. The molecule has 3 aromatic carbocycles. The van der Waals surface area contributed by atoms with E-state index in [2.05, 4.69) is 29.3 Å². The number of alkyl carbamates (subject to hydrolysis) is 1. The van der Waals surface area contributed by atoms with Crippen LogP contribution in [0.3, 0.4) is 0 Å². The van der Waals surface area contributed by atoms with E-state index in [1.165, 1.54) is 0 Å². The van der Waals surface area contributed by atoms with Gasteiger partial charge in [-0.3, -0.25) is 0 Å². The van der Waals surface area contributed by atoms with Crippen molar-refractivity contribution in [1.29, 1.82) is 0 Å². The number of ether oxygens (including phenoxy) is 1. The number of carbonyl (C=O) groups excluding carboxylic acids is 1. The average molecular weight is 415 g/mol. The summed E-state index contributed by atoms with van der Waals surface area (Å²) in [6, 6.07) is 19.4. The molecule has 0 saturated heterocycles. The zero-order chi connectivity index (χ0) is 21.8. The number of halogens is 1. The van der Waals surface area contributed by atoms with Crippen molar-refractivity contribution in [2.75, 3.05) is 13.2 Å². The topological polar surface area (TPSA) is 75.6 Å². The predicted octanol–water partition coefficient (Wildman–Crippen LogP) is 4.41. The molecule has 0 radical (unpaired) electrons. The van der Waals surface area contributed by atoms with Crippen molar-refractivity contribution in [3.05, 3.63) is 94.8 Å². The van der Waals surface area contributed by atoms with E-state index in [-0.39, 0.29) is 30.2 Å². The van der Waals surface area contributed by atoms with Crippen LogP contribution in [0, 0.1) is 17.7 Å². The Bertz CT molecular complexity index is 1180. The predicted molar refractivity (Wildman–Crippen MR) is 113 cm³/mol. The minimum Gasteiger partial charge on any atom is -0.478 e. The maximum atomic E-state index is 13.7. The number of hydrogen-bond acceptors (Lipinski definition) is 3. The number of rotatable bonds is 4. The molecule has 0 aromatic heterocycles. The van der Waals surface area contributed by atoms with E-state index >= 15 is 0 Å². The second kappa shape index (κ2) is 8.72. The van der Waals surface area contributed by atoms with Gasteiger partial charge in [0.2, 0.25) is 0 Å². The van der Waals surface area contributed by atoms with Gasteiger partial charge in [-0.05, 0) is 40.5 Å². The van der Waals surface area contributed by atoms with Crippen LogP contribution >= 0.6 is 0 Å². The monoisotopic (exact) mass is 415 g/mol. The summed E-state index contributed by atoms with van der Waals surface area (Å²) in [6.45, 7) is 0.121. The van der Waals surface area contributed by atoms with Gasteiger partial charge in [-0.25, -0.2) is 14.0 Å². The van der Waals surface area contributed by atoms with Crippen molar-refractivity contribution in [2.24, 2.45) is 0 Å². The van der Waals surface area contributed by atoms with Crippen LogP contribution in [0.2, 0.25) is 0 Å². The number of amides is 1. The second-order valence-corrected chi connectivity index (χ2v) is 6.98. The van der Waals surface area contributed by atoms with Crippen LogP contribution in [-0.2, 0) is 4.74 Å². The number of aromatic carboxylic acids is 1. The zero-order valence-corrected chi connectivity index (χ0v) is 16.4. The molecule has 0 atom stereocenters. The van der Waals surface area contributed by atoms with Crippen LogP contribution in [-0.4, -0.2) is 30.3 Å².